The van der Waals surface area contributed by atoms with E-state index < -0.39 is 17.9 Å². The SMILES string of the molecule is CCCCCCC(=O)[C@H]1[C@@H]2C(=O)N(Cc3ccccc3)C(=O)[C@@H]2[C@H](c2ccccc2)N1Cc1ccccc1. The summed E-state index contributed by atoms with van der Waals surface area (Å²) in [6.07, 6.45) is 4.43. The van der Waals surface area contributed by atoms with E-state index in [1.807, 2.05) is 91.0 Å². The van der Waals surface area contributed by atoms with Gasteiger partial charge in [-0.25, -0.2) is 0 Å². The van der Waals surface area contributed by atoms with Crippen LogP contribution in [0.3, 0.4) is 0 Å². The Kier molecular flexibility index (Phi) is 8.14. The fourth-order valence-electron chi connectivity index (χ4n) is 6.25. The normalized spacial score (nSPS) is 23.1. The molecule has 0 radical (unpaired) electrons. The molecule has 0 unspecified atom stereocenters. The highest BCUT2D eigenvalue weighted by atomic mass is 16.2. The Bertz CT molecular complexity index is 1250. The van der Waals surface area contributed by atoms with Crippen LogP contribution in [0.2, 0.25) is 0 Å². The van der Waals surface area contributed by atoms with Crippen LogP contribution >= 0.6 is 0 Å². The molecule has 3 aromatic carbocycles. The maximum absolute atomic E-state index is 14.0. The van der Waals surface area contributed by atoms with Crippen LogP contribution < -0.4 is 0 Å². The number of amides is 2. The number of imide groups is 1. The highest BCUT2D eigenvalue weighted by molar-refractivity contribution is 6.09. The molecule has 38 heavy (non-hydrogen) atoms. The van der Waals surface area contributed by atoms with Gasteiger partial charge in [0.05, 0.1) is 24.4 Å². The Hall–Kier alpha value is -3.57. The predicted molar refractivity (Wildman–Crippen MR) is 148 cm³/mol. The average molecular weight is 509 g/mol. The summed E-state index contributed by atoms with van der Waals surface area (Å²) >= 11 is 0. The molecule has 0 aromatic heterocycles. The van der Waals surface area contributed by atoms with Gasteiger partial charge in [-0.1, -0.05) is 117 Å². The summed E-state index contributed by atoms with van der Waals surface area (Å²) in [6, 6.07) is 28.6. The fourth-order valence-corrected chi connectivity index (χ4v) is 6.25. The number of rotatable bonds is 11. The molecule has 2 amide bonds. The van der Waals surface area contributed by atoms with Crippen LogP contribution in [0.1, 0.15) is 61.8 Å². The number of hydrogen-bond acceptors (Lipinski definition) is 4. The van der Waals surface area contributed by atoms with Gasteiger partial charge in [0.1, 0.15) is 0 Å². The third-order valence-corrected chi connectivity index (χ3v) is 8.02. The highest BCUT2D eigenvalue weighted by Crippen LogP contribution is 2.51. The van der Waals surface area contributed by atoms with E-state index >= 15 is 0 Å². The largest absolute Gasteiger partial charge is 0.298 e. The van der Waals surface area contributed by atoms with Crippen molar-refractivity contribution in [2.45, 2.75) is 64.2 Å². The van der Waals surface area contributed by atoms with Crippen LogP contribution in [-0.2, 0) is 27.5 Å². The molecule has 4 atom stereocenters. The van der Waals surface area contributed by atoms with Crippen LogP contribution in [0.4, 0.5) is 0 Å². The highest BCUT2D eigenvalue weighted by Gasteiger charge is 2.63. The van der Waals surface area contributed by atoms with Gasteiger partial charge < -0.3 is 0 Å². The molecular formula is C33H36N2O3. The molecule has 0 saturated carbocycles. The zero-order chi connectivity index (χ0) is 26.5. The molecule has 2 saturated heterocycles. The van der Waals surface area contributed by atoms with Gasteiger partial charge in [0.25, 0.3) is 0 Å². The molecule has 5 rings (SSSR count). The number of likely N-dealkylation sites (tertiary alicyclic amines) is 2. The third-order valence-electron chi connectivity index (χ3n) is 8.02. The van der Waals surface area contributed by atoms with Gasteiger partial charge in [-0.3, -0.25) is 24.2 Å². The van der Waals surface area contributed by atoms with Gasteiger partial charge in [-0.15, -0.1) is 0 Å². The molecule has 5 heteroatoms. The summed E-state index contributed by atoms with van der Waals surface area (Å²) in [5.41, 5.74) is 2.95. The maximum Gasteiger partial charge on any atom is 0.235 e. The first kappa shape index (κ1) is 26.1. The zero-order valence-electron chi connectivity index (χ0n) is 22.0. The summed E-state index contributed by atoms with van der Waals surface area (Å²) in [6.45, 7) is 2.90. The standard InChI is InChI=1S/C33H36N2O3/c1-2-3-4-14-21-27(36)31-29-28(32(37)35(33(29)38)23-25-17-10-6-11-18-25)30(26-19-12-7-13-20-26)34(31)22-24-15-8-5-9-16-24/h5-13,15-20,28-31H,2-4,14,21-23H2,1H3/t28-,29+,30-,31-/m0/s1. The van der Waals surface area contributed by atoms with Crippen LogP contribution in [0, 0.1) is 11.8 Å². The number of fused-ring (bicyclic) bond motifs is 1. The minimum Gasteiger partial charge on any atom is -0.298 e. The molecule has 196 valence electrons. The van der Waals surface area contributed by atoms with Crippen molar-refractivity contribution in [1.29, 1.82) is 0 Å². The molecule has 0 aliphatic carbocycles. The Morgan fingerprint density at radius 2 is 1.24 bits per heavy atom. The molecule has 5 nitrogen and oxygen atoms in total. The number of ketones is 1. The van der Waals surface area contributed by atoms with Crippen molar-refractivity contribution in [1.82, 2.24) is 9.80 Å². The number of Topliss-reactive ketones (excluding diaryl/α,β-unsaturated/α-hetero) is 1. The molecular weight excluding hydrogens is 472 g/mol. The van der Waals surface area contributed by atoms with Gasteiger partial charge >= 0.3 is 0 Å². The zero-order valence-corrected chi connectivity index (χ0v) is 22.0. The number of unbranched alkanes of at least 4 members (excludes halogenated alkanes) is 3. The average Bonchev–Trinajstić information content (AvgIpc) is 3.40. The summed E-state index contributed by atoms with van der Waals surface area (Å²) in [5, 5.41) is 0. The summed E-state index contributed by atoms with van der Waals surface area (Å²) in [4.78, 5) is 45.5. The van der Waals surface area contributed by atoms with Crippen molar-refractivity contribution < 1.29 is 14.4 Å². The first-order valence-corrected chi connectivity index (χ1v) is 13.9. The number of carbonyl (C=O) groups is 3. The van der Waals surface area contributed by atoms with E-state index in [4.69, 9.17) is 0 Å². The second kappa shape index (κ2) is 11.9. The van der Waals surface area contributed by atoms with Gasteiger partial charge in [0.15, 0.2) is 5.78 Å². The molecule has 2 aliphatic rings. The van der Waals surface area contributed by atoms with Gasteiger partial charge in [-0.2, -0.15) is 0 Å². The van der Waals surface area contributed by atoms with Crippen molar-refractivity contribution in [3.8, 4) is 0 Å². The van der Waals surface area contributed by atoms with Crippen LogP contribution in [-0.4, -0.2) is 33.4 Å². The summed E-state index contributed by atoms with van der Waals surface area (Å²) < 4.78 is 0. The first-order chi connectivity index (χ1) is 18.6. The lowest BCUT2D eigenvalue weighted by Crippen LogP contribution is -2.45. The van der Waals surface area contributed by atoms with E-state index in [0.717, 1.165) is 42.4 Å². The predicted octanol–water partition coefficient (Wildman–Crippen LogP) is 5.95. The molecule has 0 bridgehead atoms. The molecule has 2 fully saturated rings. The van der Waals surface area contributed by atoms with Crippen molar-refractivity contribution in [2.75, 3.05) is 0 Å². The number of hydrogen-bond donors (Lipinski definition) is 0. The Balaban J connectivity index is 1.54. The molecule has 2 heterocycles. The van der Waals surface area contributed by atoms with E-state index in [9.17, 15) is 14.4 Å². The van der Waals surface area contributed by atoms with Crippen molar-refractivity contribution in [3.63, 3.8) is 0 Å². The molecule has 2 aliphatic heterocycles. The van der Waals surface area contributed by atoms with E-state index in [1.54, 1.807) is 0 Å². The van der Waals surface area contributed by atoms with E-state index in [0.29, 0.717) is 13.0 Å². The quantitative estimate of drug-likeness (QED) is 0.237. The Labute approximate surface area is 225 Å². The first-order valence-electron chi connectivity index (χ1n) is 13.9. The smallest absolute Gasteiger partial charge is 0.235 e. The van der Waals surface area contributed by atoms with E-state index in [2.05, 4.69) is 11.8 Å². The lowest BCUT2D eigenvalue weighted by molar-refractivity contribution is -0.144. The third kappa shape index (κ3) is 5.21. The lowest BCUT2D eigenvalue weighted by atomic mass is 9.85. The summed E-state index contributed by atoms with van der Waals surface area (Å²) in [5.74, 6) is -1.56. The number of carbonyl (C=O) groups excluding carboxylic acids is 3. The second-order valence-corrected chi connectivity index (χ2v) is 10.5. The van der Waals surface area contributed by atoms with Crippen LogP contribution in [0.15, 0.2) is 91.0 Å². The van der Waals surface area contributed by atoms with E-state index in [1.165, 1.54) is 4.90 Å². The minimum atomic E-state index is -0.668. The van der Waals surface area contributed by atoms with Crippen molar-refractivity contribution in [2.24, 2.45) is 11.8 Å². The molecule has 0 N–H and O–H groups in total. The maximum atomic E-state index is 14.0. The second-order valence-electron chi connectivity index (χ2n) is 10.5. The van der Waals surface area contributed by atoms with Crippen LogP contribution in [0.5, 0.6) is 0 Å². The molecule has 3 aromatic rings. The fraction of sp³-hybridized carbons (Fsp3) is 0.364. The topological polar surface area (TPSA) is 57.7 Å². The van der Waals surface area contributed by atoms with Gasteiger partial charge in [0, 0.05) is 19.0 Å². The number of benzene rings is 3. The van der Waals surface area contributed by atoms with Gasteiger partial charge in [-0.05, 0) is 23.1 Å². The van der Waals surface area contributed by atoms with E-state index in [-0.39, 0.29) is 30.2 Å². The minimum absolute atomic E-state index is 0.0770. The van der Waals surface area contributed by atoms with Gasteiger partial charge in [0.2, 0.25) is 11.8 Å². The monoisotopic (exact) mass is 508 g/mol. The lowest BCUT2D eigenvalue weighted by Gasteiger charge is -2.33. The Morgan fingerprint density at radius 3 is 1.84 bits per heavy atom. The number of nitrogens with zero attached hydrogens (tertiary/aromatic N) is 2. The van der Waals surface area contributed by atoms with Crippen LogP contribution in [0.25, 0.3) is 0 Å². The van der Waals surface area contributed by atoms with Crippen molar-refractivity contribution in [3.05, 3.63) is 108 Å². The van der Waals surface area contributed by atoms with Crippen molar-refractivity contribution >= 4 is 17.6 Å². The summed E-state index contributed by atoms with van der Waals surface area (Å²) in [7, 11) is 0. The molecule has 0 spiro atoms. The Morgan fingerprint density at radius 1 is 0.684 bits per heavy atom.